The van der Waals surface area contributed by atoms with Crippen molar-refractivity contribution in [1.82, 2.24) is 20.1 Å². The molecule has 0 saturated carbocycles. The van der Waals surface area contributed by atoms with Gasteiger partial charge in [-0.2, -0.15) is 0 Å². The van der Waals surface area contributed by atoms with Crippen LogP contribution in [0.25, 0.3) is 0 Å². The van der Waals surface area contributed by atoms with Gasteiger partial charge in [-0.1, -0.05) is 32.0 Å². The third kappa shape index (κ3) is 3.22. The largest absolute Gasteiger partial charge is 0.310 e. The minimum Gasteiger partial charge on any atom is -0.310 e. The van der Waals surface area contributed by atoms with E-state index in [0.29, 0.717) is 6.04 Å². The molecule has 0 aliphatic heterocycles. The number of aryl methyl sites for hydroxylation is 1. The Morgan fingerprint density at radius 3 is 2.60 bits per heavy atom. The fourth-order valence-electron chi connectivity index (χ4n) is 2.16. The van der Waals surface area contributed by atoms with Gasteiger partial charge in [0.15, 0.2) is 5.16 Å². The summed E-state index contributed by atoms with van der Waals surface area (Å²) in [5.41, 5.74) is 1.34. The Bertz CT molecular complexity index is 565. The summed E-state index contributed by atoms with van der Waals surface area (Å²) in [5.74, 6) is 0.934. The summed E-state index contributed by atoms with van der Waals surface area (Å²) in [6.45, 7) is 7.29. The van der Waals surface area contributed by atoms with Crippen molar-refractivity contribution >= 4 is 11.8 Å². The third-order valence-electron chi connectivity index (χ3n) is 3.41. The quantitative estimate of drug-likeness (QED) is 0.886. The normalized spacial score (nSPS) is 12.6. The Kier molecular flexibility index (Phi) is 5.20. The van der Waals surface area contributed by atoms with Crippen molar-refractivity contribution in [2.24, 2.45) is 7.05 Å². The Morgan fingerprint density at radius 2 is 2.00 bits per heavy atom. The van der Waals surface area contributed by atoms with Gasteiger partial charge in [0.1, 0.15) is 5.82 Å². The molecule has 5 heteroatoms. The van der Waals surface area contributed by atoms with E-state index in [0.717, 1.165) is 23.9 Å². The number of rotatable bonds is 6. The first kappa shape index (κ1) is 15.1. The molecule has 0 amide bonds. The highest BCUT2D eigenvalue weighted by Crippen LogP contribution is 2.33. The van der Waals surface area contributed by atoms with Crippen molar-refractivity contribution in [1.29, 1.82) is 0 Å². The summed E-state index contributed by atoms with van der Waals surface area (Å²) in [6.07, 6.45) is 1.07. The standard InChI is InChI=1S/C15H22N4S/c1-5-13(16-6-2)12-9-7-8-10-14(12)20-15-18-17-11(3)19(15)4/h7-10,13,16H,5-6H2,1-4H3. The van der Waals surface area contributed by atoms with Crippen LogP contribution in [0.2, 0.25) is 0 Å². The van der Waals surface area contributed by atoms with E-state index in [1.807, 2.05) is 18.5 Å². The maximum atomic E-state index is 4.24. The van der Waals surface area contributed by atoms with Gasteiger partial charge in [-0.15, -0.1) is 10.2 Å². The number of hydrogen-bond acceptors (Lipinski definition) is 4. The van der Waals surface area contributed by atoms with Crippen LogP contribution in [-0.2, 0) is 7.05 Å². The molecule has 0 bridgehead atoms. The molecule has 2 rings (SSSR count). The first-order valence-electron chi connectivity index (χ1n) is 7.03. The highest BCUT2D eigenvalue weighted by molar-refractivity contribution is 7.99. The zero-order valence-corrected chi connectivity index (χ0v) is 13.4. The van der Waals surface area contributed by atoms with Gasteiger partial charge in [0.25, 0.3) is 0 Å². The first-order valence-corrected chi connectivity index (χ1v) is 7.85. The fourth-order valence-corrected chi connectivity index (χ4v) is 3.18. The van der Waals surface area contributed by atoms with E-state index in [-0.39, 0.29) is 0 Å². The zero-order chi connectivity index (χ0) is 14.5. The van der Waals surface area contributed by atoms with Gasteiger partial charge in [0, 0.05) is 18.0 Å². The van der Waals surface area contributed by atoms with Crippen molar-refractivity contribution in [3.8, 4) is 0 Å². The molecular formula is C15H22N4S. The summed E-state index contributed by atoms with van der Waals surface area (Å²) in [4.78, 5) is 1.25. The second-order valence-electron chi connectivity index (χ2n) is 4.75. The minimum atomic E-state index is 0.387. The molecule has 1 heterocycles. The lowest BCUT2D eigenvalue weighted by Gasteiger charge is -2.19. The number of hydrogen-bond donors (Lipinski definition) is 1. The molecule has 0 fully saturated rings. The highest BCUT2D eigenvalue weighted by atomic mass is 32.2. The number of nitrogens with one attached hydrogen (secondary N) is 1. The summed E-state index contributed by atoms with van der Waals surface area (Å²) >= 11 is 1.68. The molecule has 1 N–H and O–H groups in total. The SMILES string of the molecule is CCNC(CC)c1ccccc1Sc1nnc(C)n1C. The molecule has 1 aromatic heterocycles. The molecule has 4 nitrogen and oxygen atoms in total. The van der Waals surface area contributed by atoms with Gasteiger partial charge in [0.05, 0.1) is 0 Å². The van der Waals surface area contributed by atoms with Crippen LogP contribution in [0.4, 0.5) is 0 Å². The van der Waals surface area contributed by atoms with Gasteiger partial charge in [-0.25, -0.2) is 0 Å². The predicted molar refractivity (Wildman–Crippen MR) is 83.0 cm³/mol. The monoisotopic (exact) mass is 290 g/mol. The van der Waals surface area contributed by atoms with Crippen molar-refractivity contribution in [3.63, 3.8) is 0 Å². The molecule has 0 saturated heterocycles. The highest BCUT2D eigenvalue weighted by Gasteiger charge is 2.15. The molecule has 20 heavy (non-hydrogen) atoms. The number of benzene rings is 1. The summed E-state index contributed by atoms with van der Waals surface area (Å²) in [5, 5.41) is 12.8. The van der Waals surface area contributed by atoms with E-state index in [1.54, 1.807) is 11.8 Å². The fraction of sp³-hybridized carbons (Fsp3) is 0.467. The molecule has 108 valence electrons. The Hall–Kier alpha value is -1.33. The summed E-state index contributed by atoms with van der Waals surface area (Å²) < 4.78 is 2.02. The van der Waals surface area contributed by atoms with Crippen molar-refractivity contribution in [3.05, 3.63) is 35.7 Å². The van der Waals surface area contributed by atoms with Gasteiger partial charge in [0.2, 0.25) is 0 Å². The minimum absolute atomic E-state index is 0.387. The van der Waals surface area contributed by atoms with E-state index < -0.39 is 0 Å². The van der Waals surface area contributed by atoms with E-state index >= 15 is 0 Å². The Labute approximate surface area is 125 Å². The van der Waals surface area contributed by atoms with Crippen LogP contribution in [0.15, 0.2) is 34.3 Å². The summed E-state index contributed by atoms with van der Waals surface area (Å²) in [7, 11) is 2.00. The second-order valence-corrected chi connectivity index (χ2v) is 5.76. The van der Waals surface area contributed by atoms with Crippen molar-refractivity contribution in [2.45, 2.75) is 43.3 Å². The van der Waals surface area contributed by atoms with Gasteiger partial charge in [-0.05, 0) is 43.3 Å². The lowest BCUT2D eigenvalue weighted by molar-refractivity contribution is 0.530. The van der Waals surface area contributed by atoms with E-state index in [1.165, 1.54) is 10.5 Å². The zero-order valence-electron chi connectivity index (χ0n) is 12.6. The number of aromatic nitrogens is 3. The smallest absolute Gasteiger partial charge is 0.195 e. The molecular weight excluding hydrogens is 268 g/mol. The van der Waals surface area contributed by atoms with Gasteiger partial charge >= 0.3 is 0 Å². The van der Waals surface area contributed by atoms with Crippen LogP contribution >= 0.6 is 11.8 Å². The summed E-state index contributed by atoms with van der Waals surface area (Å²) in [6, 6.07) is 8.92. The van der Waals surface area contributed by atoms with Crippen LogP contribution in [-0.4, -0.2) is 21.3 Å². The average Bonchev–Trinajstić information content (AvgIpc) is 2.78. The van der Waals surface area contributed by atoms with E-state index in [4.69, 9.17) is 0 Å². The topological polar surface area (TPSA) is 42.7 Å². The predicted octanol–water partition coefficient (Wildman–Crippen LogP) is 3.34. The molecule has 1 unspecified atom stereocenters. The maximum absolute atomic E-state index is 4.24. The lowest BCUT2D eigenvalue weighted by Crippen LogP contribution is -2.20. The van der Waals surface area contributed by atoms with Crippen molar-refractivity contribution in [2.75, 3.05) is 6.54 Å². The van der Waals surface area contributed by atoms with Crippen LogP contribution < -0.4 is 5.32 Å². The lowest BCUT2D eigenvalue weighted by atomic mass is 10.0. The molecule has 2 aromatic rings. The molecule has 0 aliphatic rings. The Morgan fingerprint density at radius 1 is 1.25 bits per heavy atom. The van der Waals surface area contributed by atoms with Crippen LogP contribution in [0.1, 0.15) is 37.7 Å². The van der Waals surface area contributed by atoms with E-state index in [9.17, 15) is 0 Å². The molecule has 1 aromatic carbocycles. The third-order valence-corrected chi connectivity index (χ3v) is 4.54. The van der Waals surface area contributed by atoms with Crippen LogP contribution in [0.5, 0.6) is 0 Å². The van der Waals surface area contributed by atoms with Crippen LogP contribution in [0, 0.1) is 6.92 Å². The van der Waals surface area contributed by atoms with Crippen molar-refractivity contribution < 1.29 is 0 Å². The molecule has 0 radical (unpaired) electrons. The number of nitrogens with zero attached hydrogens (tertiary/aromatic N) is 3. The molecule has 0 spiro atoms. The first-order chi connectivity index (χ1) is 9.67. The molecule has 0 aliphatic carbocycles. The van der Waals surface area contributed by atoms with Gasteiger partial charge in [-0.3, -0.25) is 0 Å². The van der Waals surface area contributed by atoms with E-state index in [2.05, 4.69) is 53.6 Å². The maximum Gasteiger partial charge on any atom is 0.195 e. The second kappa shape index (κ2) is 6.90. The van der Waals surface area contributed by atoms with Gasteiger partial charge < -0.3 is 9.88 Å². The Balaban J connectivity index is 2.30. The average molecular weight is 290 g/mol. The molecule has 1 atom stereocenters. The van der Waals surface area contributed by atoms with Crippen LogP contribution in [0.3, 0.4) is 0 Å².